The summed E-state index contributed by atoms with van der Waals surface area (Å²) < 4.78 is 5.51. The van der Waals surface area contributed by atoms with E-state index in [0.29, 0.717) is 37.7 Å². The van der Waals surface area contributed by atoms with Crippen molar-refractivity contribution in [3.8, 4) is 0 Å². The van der Waals surface area contributed by atoms with Crippen molar-refractivity contribution in [3.05, 3.63) is 34.9 Å². The third-order valence-corrected chi connectivity index (χ3v) is 5.21. The topological polar surface area (TPSA) is 49.8 Å². The van der Waals surface area contributed by atoms with Gasteiger partial charge in [0.05, 0.1) is 19.6 Å². The fourth-order valence-corrected chi connectivity index (χ4v) is 3.61. The molecule has 1 aromatic carbocycles. The van der Waals surface area contributed by atoms with Crippen LogP contribution in [-0.4, -0.2) is 48.8 Å². The zero-order chi connectivity index (χ0) is 14.9. The molecule has 0 aliphatic carbocycles. The van der Waals surface area contributed by atoms with Gasteiger partial charge in [-0.15, -0.1) is 0 Å². The summed E-state index contributed by atoms with van der Waals surface area (Å²) in [7, 11) is 0. The van der Waals surface area contributed by atoms with Gasteiger partial charge in [0.15, 0.2) is 0 Å². The fraction of sp³-hybridized carbons (Fsp3) is 0.562. The van der Waals surface area contributed by atoms with Gasteiger partial charge in [0.2, 0.25) is 5.91 Å². The molecule has 1 amide bonds. The quantitative estimate of drug-likeness (QED) is 0.925. The summed E-state index contributed by atoms with van der Waals surface area (Å²) >= 11 is 6.12. The molecular weight excluding hydrogens is 290 g/mol. The summed E-state index contributed by atoms with van der Waals surface area (Å²) in [5, 5.41) is 10.4. The molecule has 5 heteroatoms. The Kier molecular flexibility index (Phi) is 4.20. The number of fused-ring (bicyclic) bond motifs is 1. The molecule has 0 saturated carbocycles. The van der Waals surface area contributed by atoms with Crippen molar-refractivity contribution in [1.29, 1.82) is 0 Å². The molecule has 0 aromatic heterocycles. The van der Waals surface area contributed by atoms with Crippen LogP contribution in [0.25, 0.3) is 0 Å². The van der Waals surface area contributed by atoms with Crippen molar-refractivity contribution in [2.24, 2.45) is 11.3 Å². The number of carbonyl (C=O) groups excluding carboxylic acids is 1. The Hall–Kier alpha value is -1.10. The Labute approximate surface area is 129 Å². The van der Waals surface area contributed by atoms with Gasteiger partial charge in [-0.1, -0.05) is 29.8 Å². The number of carbonyl (C=O) groups is 1. The Bertz CT molecular complexity index is 536. The molecule has 0 unspecified atom stereocenters. The van der Waals surface area contributed by atoms with Crippen LogP contribution in [0.3, 0.4) is 0 Å². The highest BCUT2D eigenvalue weighted by atomic mass is 35.5. The first-order valence-corrected chi connectivity index (χ1v) is 7.72. The van der Waals surface area contributed by atoms with Crippen LogP contribution in [0.4, 0.5) is 0 Å². The molecule has 2 aliphatic heterocycles. The lowest BCUT2D eigenvalue weighted by Crippen LogP contribution is -2.41. The maximum atomic E-state index is 12.5. The molecule has 114 valence electrons. The second-order valence-electron chi connectivity index (χ2n) is 6.08. The molecular formula is C16H20ClNO3. The predicted octanol–water partition coefficient (Wildman–Crippen LogP) is 1.74. The molecule has 4 nitrogen and oxygen atoms in total. The molecule has 2 saturated heterocycles. The lowest BCUT2D eigenvalue weighted by molar-refractivity contribution is -0.130. The number of rotatable bonds is 3. The number of halogens is 1. The summed E-state index contributed by atoms with van der Waals surface area (Å²) in [5.74, 6) is 0.316. The van der Waals surface area contributed by atoms with E-state index in [1.165, 1.54) is 0 Å². The second kappa shape index (κ2) is 5.95. The standard InChI is InChI=1S/C16H20ClNO3/c17-14-4-2-1-3-12(14)7-15(20)18-8-13-9-21-6-5-16(13,10-18)11-19/h1-4,13,19H,5-11H2/t13-,16-/m1/s1. The van der Waals surface area contributed by atoms with Crippen LogP contribution in [0.15, 0.2) is 24.3 Å². The first-order valence-electron chi connectivity index (χ1n) is 7.34. The average Bonchev–Trinajstić information content (AvgIpc) is 2.90. The molecule has 0 spiro atoms. The van der Waals surface area contributed by atoms with Crippen LogP contribution < -0.4 is 0 Å². The highest BCUT2D eigenvalue weighted by Crippen LogP contribution is 2.41. The number of ether oxygens (including phenoxy) is 1. The highest BCUT2D eigenvalue weighted by Gasteiger charge is 2.49. The SMILES string of the molecule is O=C(Cc1ccccc1Cl)N1C[C@@H]2COCC[C@]2(CO)C1. The van der Waals surface area contributed by atoms with Crippen molar-refractivity contribution in [2.45, 2.75) is 12.8 Å². The fourth-order valence-electron chi connectivity index (χ4n) is 3.41. The molecule has 1 aromatic rings. The highest BCUT2D eigenvalue weighted by molar-refractivity contribution is 6.31. The first-order chi connectivity index (χ1) is 10.1. The van der Waals surface area contributed by atoms with Crippen LogP contribution in [0.1, 0.15) is 12.0 Å². The van der Waals surface area contributed by atoms with Gasteiger partial charge in [-0.2, -0.15) is 0 Å². The smallest absolute Gasteiger partial charge is 0.227 e. The molecule has 21 heavy (non-hydrogen) atoms. The van der Waals surface area contributed by atoms with E-state index in [0.717, 1.165) is 12.0 Å². The summed E-state index contributed by atoms with van der Waals surface area (Å²) in [6.07, 6.45) is 1.14. The number of aliphatic hydroxyl groups is 1. The van der Waals surface area contributed by atoms with E-state index in [1.54, 1.807) is 6.07 Å². The van der Waals surface area contributed by atoms with Gasteiger partial charge in [-0.3, -0.25) is 4.79 Å². The number of hydrogen-bond acceptors (Lipinski definition) is 3. The minimum Gasteiger partial charge on any atom is -0.396 e. The Morgan fingerprint density at radius 3 is 3.00 bits per heavy atom. The van der Waals surface area contributed by atoms with E-state index in [2.05, 4.69) is 0 Å². The van der Waals surface area contributed by atoms with Gasteiger partial charge in [0.1, 0.15) is 0 Å². The molecule has 3 rings (SSSR count). The van der Waals surface area contributed by atoms with E-state index in [4.69, 9.17) is 16.3 Å². The maximum absolute atomic E-state index is 12.5. The number of benzene rings is 1. The maximum Gasteiger partial charge on any atom is 0.227 e. The normalized spacial score (nSPS) is 28.5. The zero-order valence-corrected chi connectivity index (χ0v) is 12.7. The Balaban J connectivity index is 1.71. The number of aliphatic hydroxyl groups excluding tert-OH is 1. The van der Waals surface area contributed by atoms with E-state index in [1.807, 2.05) is 23.1 Å². The number of hydrogen-bond donors (Lipinski definition) is 1. The third-order valence-electron chi connectivity index (χ3n) is 4.84. The summed E-state index contributed by atoms with van der Waals surface area (Å²) in [6.45, 7) is 2.72. The van der Waals surface area contributed by atoms with Gasteiger partial charge in [-0.25, -0.2) is 0 Å². The summed E-state index contributed by atoms with van der Waals surface area (Å²) in [5.41, 5.74) is 0.683. The first kappa shape index (κ1) is 14.8. The van der Waals surface area contributed by atoms with Crippen LogP contribution in [0.2, 0.25) is 5.02 Å². The largest absolute Gasteiger partial charge is 0.396 e. The van der Waals surface area contributed by atoms with Crippen LogP contribution in [-0.2, 0) is 16.0 Å². The molecule has 0 radical (unpaired) electrons. The van der Waals surface area contributed by atoms with Crippen molar-refractivity contribution in [3.63, 3.8) is 0 Å². The molecule has 1 N–H and O–H groups in total. The summed E-state index contributed by atoms with van der Waals surface area (Å²) in [4.78, 5) is 14.4. The van der Waals surface area contributed by atoms with Gasteiger partial charge in [0.25, 0.3) is 0 Å². The van der Waals surface area contributed by atoms with E-state index in [-0.39, 0.29) is 23.8 Å². The number of amides is 1. The molecule has 2 fully saturated rings. The Morgan fingerprint density at radius 1 is 1.48 bits per heavy atom. The van der Waals surface area contributed by atoms with Gasteiger partial charge in [-0.05, 0) is 18.1 Å². The van der Waals surface area contributed by atoms with Crippen LogP contribution >= 0.6 is 11.6 Å². The van der Waals surface area contributed by atoms with Gasteiger partial charge < -0.3 is 14.7 Å². The monoisotopic (exact) mass is 309 g/mol. The van der Waals surface area contributed by atoms with Crippen LogP contribution in [0.5, 0.6) is 0 Å². The van der Waals surface area contributed by atoms with E-state index < -0.39 is 0 Å². The van der Waals surface area contributed by atoms with Crippen molar-refractivity contribution < 1.29 is 14.6 Å². The van der Waals surface area contributed by atoms with Gasteiger partial charge >= 0.3 is 0 Å². The molecule has 2 aliphatic rings. The van der Waals surface area contributed by atoms with Gasteiger partial charge in [0, 0.05) is 36.1 Å². The lowest BCUT2D eigenvalue weighted by Gasteiger charge is -2.36. The number of likely N-dealkylation sites (tertiary alicyclic amines) is 1. The molecule has 0 bridgehead atoms. The third kappa shape index (κ3) is 2.80. The van der Waals surface area contributed by atoms with Crippen molar-refractivity contribution in [2.75, 3.05) is 32.9 Å². The number of nitrogens with zero attached hydrogens (tertiary/aromatic N) is 1. The average molecular weight is 310 g/mol. The lowest BCUT2D eigenvalue weighted by atomic mass is 9.75. The van der Waals surface area contributed by atoms with E-state index in [9.17, 15) is 9.90 Å². The minimum atomic E-state index is -0.172. The molecule has 2 heterocycles. The van der Waals surface area contributed by atoms with E-state index >= 15 is 0 Å². The Morgan fingerprint density at radius 2 is 2.29 bits per heavy atom. The molecule has 2 atom stereocenters. The second-order valence-corrected chi connectivity index (χ2v) is 6.49. The summed E-state index contributed by atoms with van der Waals surface area (Å²) in [6, 6.07) is 7.44. The zero-order valence-electron chi connectivity index (χ0n) is 11.9. The van der Waals surface area contributed by atoms with Crippen molar-refractivity contribution in [1.82, 2.24) is 4.90 Å². The van der Waals surface area contributed by atoms with Crippen molar-refractivity contribution >= 4 is 17.5 Å². The van der Waals surface area contributed by atoms with Crippen LogP contribution in [0, 0.1) is 11.3 Å². The predicted molar refractivity (Wildman–Crippen MR) is 80.2 cm³/mol. The minimum absolute atomic E-state index is 0.0744.